The van der Waals surface area contributed by atoms with Crippen molar-refractivity contribution in [3.05, 3.63) is 90.1 Å². The second-order valence-electron chi connectivity index (χ2n) is 7.39. The Morgan fingerprint density at radius 2 is 1.84 bits per heavy atom. The van der Waals surface area contributed by atoms with E-state index in [-0.39, 0.29) is 5.25 Å². The fourth-order valence-electron chi connectivity index (χ4n) is 3.49. The second kappa shape index (κ2) is 8.80. The minimum absolute atomic E-state index is 0.0601. The van der Waals surface area contributed by atoms with Gasteiger partial charge >= 0.3 is 0 Å². The fraction of sp³-hybridized carbons (Fsp3) is 0.174. The number of hydrogen-bond acceptors (Lipinski definition) is 7. The van der Waals surface area contributed by atoms with Gasteiger partial charge in [-0.2, -0.15) is 4.68 Å². The van der Waals surface area contributed by atoms with Crippen molar-refractivity contribution >= 4 is 11.8 Å². The third-order valence-electron chi connectivity index (χ3n) is 5.03. The summed E-state index contributed by atoms with van der Waals surface area (Å²) in [5.74, 6) is 2.37. The molecule has 0 bridgehead atoms. The summed E-state index contributed by atoms with van der Waals surface area (Å²) in [5.41, 5.74) is 3.09. The van der Waals surface area contributed by atoms with Crippen molar-refractivity contribution in [1.29, 1.82) is 0 Å². The van der Waals surface area contributed by atoms with Crippen LogP contribution in [0.25, 0.3) is 17.1 Å². The average Bonchev–Trinajstić information content (AvgIpc) is 3.57. The molecule has 5 rings (SSSR count). The summed E-state index contributed by atoms with van der Waals surface area (Å²) in [7, 11) is 0. The first kappa shape index (κ1) is 20.2. The zero-order chi connectivity index (χ0) is 21.9. The molecule has 9 heteroatoms. The topological polar surface area (TPSA) is 87.5 Å². The van der Waals surface area contributed by atoms with E-state index >= 15 is 0 Å². The third kappa shape index (κ3) is 4.06. The molecule has 0 amide bonds. The Bertz CT molecular complexity index is 1310. The molecular formula is C23H21N7OS. The van der Waals surface area contributed by atoms with Crippen LogP contribution >= 0.6 is 11.8 Å². The molecule has 1 atom stereocenters. The fourth-order valence-corrected chi connectivity index (χ4v) is 4.42. The van der Waals surface area contributed by atoms with E-state index in [1.807, 2.05) is 54.6 Å². The van der Waals surface area contributed by atoms with Crippen molar-refractivity contribution < 1.29 is 4.42 Å². The van der Waals surface area contributed by atoms with Gasteiger partial charge < -0.3 is 4.42 Å². The molecule has 0 saturated heterocycles. The first-order valence-corrected chi connectivity index (χ1v) is 11.1. The van der Waals surface area contributed by atoms with Gasteiger partial charge in [-0.15, -0.1) is 15.3 Å². The maximum absolute atomic E-state index is 5.61. The van der Waals surface area contributed by atoms with Gasteiger partial charge in [-0.1, -0.05) is 53.7 Å². The van der Waals surface area contributed by atoms with E-state index in [0.717, 1.165) is 33.8 Å². The van der Waals surface area contributed by atoms with Crippen LogP contribution in [0.15, 0.2) is 82.6 Å². The normalized spacial score (nSPS) is 12.2. The molecule has 2 aromatic carbocycles. The van der Waals surface area contributed by atoms with Gasteiger partial charge in [0.15, 0.2) is 16.8 Å². The van der Waals surface area contributed by atoms with Crippen molar-refractivity contribution in [3.63, 3.8) is 0 Å². The van der Waals surface area contributed by atoms with Gasteiger partial charge in [-0.05, 0) is 54.6 Å². The van der Waals surface area contributed by atoms with E-state index in [9.17, 15) is 0 Å². The Balaban J connectivity index is 1.50. The molecule has 0 radical (unpaired) electrons. The zero-order valence-electron chi connectivity index (χ0n) is 17.7. The summed E-state index contributed by atoms with van der Waals surface area (Å²) in [4.78, 5) is 0. The quantitative estimate of drug-likeness (QED) is 0.336. The molecule has 0 fully saturated rings. The molecule has 0 spiro atoms. The number of rotatable bonds is 7. The third-order valence-corrected chi connectivity index (χ3v) is 6.10. The molecule has 0 N–H and O–H groups in total. The number of thioether (sulfide) groups is 1. The molecule has 3 aromatic heterocycles. The second-order valence-corrected chi connectivity index (χ2v) is 8.69. The van der Waals surface area contributed by atoms with Crippen LogP contribution in [0.2, 0.25) is 0 Å². The van der Waals surface area contributed by atoms with Gasteiger partial charge in [0, 0.05) is 5.56 Å². The van der Waals surface area contributed by atoms with E-state index in [4.69, 9.17) is 4.42 Å². The minimum atomic E-state index is -0.0601. The van der Waals surface area contributed by atoms with Crippen molar-refractivity contribution in [3.8, 4) is 17.1 Å². The van der Waals surface area contributed by atoms with Gasteiger partial charge in [0.1, 0.15) is 5.76 Å². The van der Waals surface area contributed by atoms with Crippen LogP contribution in [0, 0.1) is 6.92 Å². The smallest absolute Gasteiger partial charge is 0.192 e. The predicted octanol–water partition coefficient (Wildman–Crippen LogP) is 4.72. The molecule has 32 heavy (non-hydrogen) atoms. The van der Waals surface area contributed by atoms with E-state index in [1.54, 1.807) is 22.7 Å². The van der Waals surface area contributed by atoms with Crippen LogP contribution in [-0.2, 0) is 6.54 Å². The van der Waals surface area contributed by atoms with Crippen LogP contribution < -0.4 is 0 Å². The van der Waals surface area contributed by atoms with E-state index < -0.39 is 0 Å². The van der Waals surface area contributed by atoms with Crippen molar-refractivity contribution in [2.45, 2.75) is 30.8 Å². The van der Waals surface area contributed by atoms with Gasteiger partial charge in [-0.3, -0.25) is 4.57 Å². The molecule has 0 saturated carbocycles. The Kier molecular flexibility index (Phi) is 5.55. The number of furan rings is 1. The van der Waals surface area contributed by atoms with Crippen LogP contribution in [-0.4, -0.2) is 35.0 Å². The van der Waals surface area contributed by atoms with Crippen molar-refractivity contribution in [2.75, 3.05) is 0 Å². The number of aromatic nitrogens is 7. The Labute approximate surface area is 189 Å². The maximum Gasteiger partial charge on any atom is 0.192 e. The first-order valence-electron chi connectivity index (χ1n) is 10.2. The highest BCUT2D eigenvalue weighted by Crippen LogP contribution is 2.35. The van der Waals surface area contributed by atoms with Gasteiger partial charge in [0.25, 0.3) is 0 Å². The van der Waals surface area contributed by atoms with Crippen LogP contribution in [0.1, 0.15) is 29.3 Å². The predicted molar refractivity (Wildman–Crippen MR) is 121 cm³/mol. The first-order chi connectivity index (χ1) is 15.7. The summed E-state index contributed by atoms with van der Waals surface area (Å²) in [6.07, 6.45) is 1.68. The van der Waals surface area contributed by atoms with Crippen molar-refractivity contribution in [1.82, 2.24) is 35.0 Å². The van der Waals surface area contributed by atoms with E-state index in [1.165, 1.54) is 5.56 Å². The van der Waals surface area contributed by atoms with Gasteiger partial charge in [0.2, 0.25) is 0 Å². The molecular weight excluding hydrogens is 422 g/mol. The number of aryl methyl sites for hydroxylation is 1. The highest BCUT2D eigenvalue weighted by Gasteiger charge is 2.22. The van der Waals surface area contributed by atoms with Crippen LogP contribution in [0.3, 0.4) is 0 Å². The number of benzene rings is 2. The summed E-state index contributed by atoms with van der Waals surface area (Å²) >= 11 is 1.56. The lowest BCUT2D eigenvalue weighted by Gasteiger charge is -2.13. The minimum Gasteiger partial charge on any atom is -0.467 e. The average molecular weight is 444 g/mol. The summed E-state index contributed by atoms with van der Waals surface area (Å²) in [6, 6.07) is 21.9. The zero-order valence-corrected chi connectivity index (χ0v) is 18.5. The van der Waals surface area contributed by atoms with E-state index in [0.29, 0.717) is 6.54 Å². The van der Waals surface area contributed by atoms with E-state index in [2.05, 4.69) is 56.3 Å². The lowest BCUT2D eigenvalue weighted by atomic mass is 10.1. The summed E-state index contributed by atoms with van der Waals surface area (Å²) in [6.45, 7) is 4.66. The monoisotopic (exact) mass is 443 g/mol. The number of tetrazole rings is 1. The van der Waals surface area contributed by atoms with Gasteiger partial charge in [-0.25, -0.2) is 0 Å². The number of hydrogen-bond donors (Lipinski definition) is 0. The Morgan fingerprint density at radius 1 is 0.969 bits per heavy atom. The van der Waals surface area contributed by atoms with Crippen LogP contribution in [0.5, 0.6) is 0 Å². The highest BCUT2D eigenvalue weighted by molar-refractivity contribution is 7.99. The summed E-state index contributed by atoms with van der Waals surface area (Å²) in [5, 5.41) is 22.1. The molecule has 0 aliphatic rings. The molecule has 5 aromatic rings. The highest BCUT2D eigenvalue weighted by atomic mass is 32.2. The van der Waals surface area contributed by atoms with Crippen molar-refractivity contribution in [2.24, 2.45) is 0 Å². The molecule has 0 aliphatic heterocycles. The summed E-state index contributed by atoms with van der Waals surface area (Å²) < 4.78 is 9.44. The molecule has 1 unspecified atom stereocenters. The molecule has 160 valence electrons. The van der Waals surface area contributed by atoms with Crippen LogP contribution in [0.4, 0.5) is 0 Å². The molecule has 3 heterocycles. The standard InChI is InChI=1S/C23H21N7OS/c1-16-8-6-9-18(14-16)22-24-26-23(29(22)15-20-12-7-13-31-20)32-17(2)21-25-27-28-30(21)19-10-4-3-5-11-19/h3-14,17H,15H2,1-2H3. The lowest BCUT2D eigenvalue weighted by Crippen LogP contribution is -2.07. The SMILES string of the molecule is Cc1cccc(-c2nnc(SC(C)c3nnnn3-c3ccccc3)n2Cc2ccco2)c1. The maximum atomic E-state index is 5.61. The number of nitrogens with zero attached hydrogens (tertiary/aromatic N) is 7. The molecule has 8 nitrogen and oxygen atoms in total. The lowest BCUT2D eigenvalue weighted by molar-refractivity contribution is 0.485. The van der Waals surface area contributed by atoms with Gasteiger partial charge in [0.05, 0.1) is 23.7 Å². The number of para-hydroxylation sites is 1. The molecule has 0 aliphatic carbocycles. The Hall–Kier alpha value is -3.72. The Morgan fingerprint density at radius 3 is 2.62 bits per heavy atom. The largest absolute Gasteiger partial charge is 0.467 e.